The third kappa shape index (κ3) is 8.16. The standard InChI is InChI=1S/C22H26N2O5S/c1-3-4-12-28-18-10-8-16(9-11-18)22(27)23-14-21(26)29-15-20(25)24-17-6-5-7-19(13-17)30-2/h5-11,13H,3-4,12,14-15H2,1-2H3,(H,23,27)(H,24,25). The van der Waals surface area contributed by atoms with Crippen molar-refractivity contribution in [3.8, 4) is 5.75 Å². The molecule has 160 valence electrons. The first-order valence-corrected chi connectivity index (χ1v) is 10.8. The number of benzene rings is 2. The van der Waals surface area contributed by atoms with Crippen LogP contribution in [-0.4, -0.2) is 43.8 Å². The number of esters is 1. The van der Waals surface area contributed by atoms with E-state index in [9.17, 15) is 14.4 Å². The van der Waals surface area contributed by atoms with Crippen LogP contribution < -0.4 is 15.4 Å². The molecule has 0 fully saturated rings. The smallest absolute Gasteiger partial charge is 0.325 e. The Bertz CT molecular complexity index is 855. The zero-order chi connectivity index (χ0) is 21.8. The summed E-state index contributed by atoms with van der Waals surface area (Å²) in [5, 5.41) is 5.13. The van der Waals surface area contributed by atoms with Crippen molar-refractivity contribution in [3.63, 3.8) is 0 Å². The molecule has 2 aromatic rings. The lowest BCUT2D eigenvalue weighted by Crippen LogP contribution is -2.32. The highest BCUT2D eigenvalue weighted by Gasteiger charge is 2.11. The van der Waals surface area contributed by atoms with E-state index in [-0.39, 0.29) is 6.54 Å². The number of nitrogens with one attached hydrogen (secondary N) is 2. The van der Waals surface area contributed by atoms with Crippen LogP contribution in [-0.2, 0) is 14.3 Å². The fourth-order valence-electron chi connectivity index (χ4n) is 2.39. The molecule has 0 aliphatic rings. The molecule has 30 heavy (non-hydrogen) atoms. The van der Waals surface area contributed by atoms with E-state index < -0.39 is 24.4 Å². The molecule has 0 atom stereocenters. The summed E-state index contributed by atoms with van der Waals surface area (Å²) < 4.78 is 10.4. The average Bonchev–Trinajstić information content (AvgIpc) is 2.76. The summed E-state index contributed by atoms with van der Waals surface area (Å²) in [6, 6.07) is 14.0. The molecule has 0 radical (unpaired) electrons. The average molecular weight is 431 g/mol. The summed E-state index contributed by atoms with van der Waals surface area (Å²) in [6.45, 7) is 1.95. The molecule has 8 heteroatoms. The van der Waals surface area contributed by atoms with E-state index >= 15 is 0 Å². The molecule has 2 N–H and O–H groups in total. The van der Waals surface area contributed by atoms with Gasteiger partial charge >= 0.3 is 5.97 Å². The molecule has 0 unspecified atom stereocenters. The summed E-state index contributed by atoms with van der Waals surface area (Å²) >= 11 is 1.56. The van der Waals surface area contributed by atoms with Gasteiger partial charge in [-0.25, -0.2) is 0 Å². The van der Waals surface area contributed by atoms with Crippen LogP contribution >= 0.6 is 11.8 Å². The van der Waals surface area contributed by atoms with Gasteiger partial charge in [0.2, 0.25) is 0 Å². The molecular weight excluding hydrogens is 404 g/mol. The Labute approximate surface area is 180 Å². The van der Waals surface area contributed by atoms with Crippen LogP contribution in [0.4, 0.5) is 5.69 Å². The molecule has 7 nitrogen and oxygen atoms in total. The van der Waals surface area contributed by atoms with Gasteiger partial charge in [0.1, 0.15) is 12.3 Å². The number of carbonyl (C=O) groups excluding carboxylic acids is 3. The Kier molecular flexibility index (Phi) is 9.73. The zero-order valence-electron chi connectivity index (χ0n) is 17.1. The van der Waals surface area contributed by atoms with Gasteiger partial charge in [-0.15, -0.1) is 11.8 Å². The van der Waals surface area contributed by atoms with Gasteiger partial charge in [-0.1, -0.05) is 19.4 Å². The second kappa shape index (κ2) is 12.5. The van der Waals surface area contributed by atoms with Crippen LogP contribution in [0.1, 0.15) is 30.1 Å². The first-order chi connectivity index (χ1) is 14.5. The van der Waals surface area contributed by atoms with Crippen molar-refractivity contribution >= 4 is 35.2 Å². The third-order valence-corrected chi connectivity index (χ3v) is 4.72. The number of ether oxygens (including phenoxy) is 2. The fourth-order valence-corrected chi connectivity index (χ4v) is 2.85. The Morgan fingerprint density at radius 3 is 2.53 bits per heavy atom. The molecule has 2 aromatic carbocycles. The molecule has 0 aromatic heterocycles. The Balaban J connectivity index is 1.70. The highest BCUT2D eigenvalue weighted by molar-refractivity contribution is 7.98. The summed E-state index contributed by atoms with van der Waals surface area (Å²) in [4.78, 5) is 36.8. The fraction of sp³-hybridized carbons (Fsp3) is 0.318. The lowest BCUT2D eigenvalue weighted by Gasteiger charge is -2.09. The topological polar surface area (TPSA) is 93.7 Å². The lowest BCUT2D eigenvalue weighted by molar-refractivity contribution is -0.146. The van der Waals surface area contributed by atoms with Gasteiger partial charge < -0.3 is 20.1 Å². The maximum absolute atomic E-state index is 12.1. The van der Waals surface area contributed by atoms with Crippen LogP contribution in [0.5, 0.6) is 5.75 Å². The van der Waals surface area contributed by atoms with Gasteiger partial charge in [0.15, 0.2) is 6.61 Å². The minimum atomic E-state index is -0.698. The van der Waals surface area contributed by atoms with Crippen molar-refractivity contribution in [1.82, 2.24) is 5.32 Å². The number of hydrogen-bond donors (Lipinski definition) is 2. The van der Waals surface area contributed by atoms with Gasteiger partial charge in [0.25, 0.3) is 11.8 Å². The molecule has 2 amide bonds. The van der Waals surface area contributed by atoms with Crippen molar-refractivity contribution < 1.29 is 23.9 Å². The number of thioether (sulfide) groups is 1. The molecule has 0 saturated carbocycles. The minimum Gasteiger partial charge on any atom is -0.494 e. The van der Waals surface area contributed by atoms with E-state index in [1.54, 1.807) is 42.1 Å². The van der Waals surface area contributed by atoms with Crippen LogP contribution in [0.2, 0.25) is 0 Å². The van der Waals surface area contributed by atoms with Crippen LogP contribution in [0.3, 0.4) is 0 Å². The van der Waals surface area contributed by atoms with E-state index in [1.807, 2.05) is 24.5 Å². The predicted octanol–water partition coefficient (Wildman–Crippen LogP) is 3.50. The van der Waals surface area contributed by atoms with Crippen molar-refractivity contribution in [1.29, 1.82) is 0 Å². The molecular formula is C22H26N2O5S. The Hall–Kier alpha value is -3.00. The maximum atomic E-state index is 12.1. The third-order valence-electron chi connectivity index (χ3n) is 3.99. The van der Waals surface area contributed by atoms with Crippen molar-refractivity contribution in [2.24, 2.45) is 0 Å². The minimum absolute atomic E-state index is 0.331. The van der Waals surface area contributed by atoms with E-state index in [0.29, 0.717) is 23.6 Å². The van der Waals surface area contributed by atoms with Crippen molar-refractivity contribution in [3.05, 3.63) is 54.1 Å². The normalized spacial score (nSPS) is 10.2. The number of carbonyl (C=O) groups is 3. The van der Waals surface area contributed by atoms with Crippen LogP contribution in [0.15, 0.2) is 53.4 Å². The predicted molar refractivity (Wildman–Crippen MR) is 117 cm³/mol. The zero-order valence-corrected chi connectivity index (χ0v) is 17.9. The largest absolute Gasteiger partial charge is 0.494 e. The molecule has 0 spiro atoms. The number of rotatable bonds is 11. The molecule has 0 heterocycles. The first-order valence-electron chi connectivity index (χ1n) is 9.62. The van der Waals surface area contributed by atoms with E-state index in [1.165, 1.54) is 0 Å². The van der Waals surface area contributed by atoms with Gasteiger partial charge in [-0.3, -0.25) is 14.4 Å². The molecule has 0 aliphatic carbocycles. The highest BCUT2D eigenvalue weighted by atomic mass is 32.2. The van der Waals surface area contributed by atoms with Crippen molar-refractivity contribution in [2.75, 3.05) is 31.3 Å². The van der Waals surface area contributed by atoms with Gasteiger partial charge in [-0.05, 0) is 55.1 Å². The number of anilines is 1. The summed E-state index contributed by atoms with van der Waals surface area (Å²) in [7, 11) is 0. The Morgan fingerprint density at radius 2 is 1.83 bits per heavy atom. The number of amides is 2. The quantitative estimate of drug-likeness (QED) is 0.322. The molecule has 0 aliphatic heterocycles. The van der Waals surface area contributed by atoms with Crippen molar-refractivity contribution in [2.45, 2.75) is 24.7 Å². The number of unbranched alkanes of at least 4 members (excludes halogenated alkanes) is 1. The second-order valence-electron chi connectivity index (χ2n) is 6.35. The van der Waals surface area contributed by atoms with E-state index in [4.69, 9.17) is 9.47 Å². The Morgan fingerprint density at radius 1 is 1.07 bits per heavy atom. The lowest BCUT2D eigenvalue weighted by atomic mass is 10.2. The molecule has 0 saturated heterocycles. The van der Waals surface area contributed by atoms with Crippen LogP contribution in [0.25, 0.3) is 0 Å². The highest BCUT2D eigenvalue weighted by Crippen LogP contribution is 2.18. The number of hydrogen-bond acceptors (Lipinski definition) is 6. The molecule has 0 bridgehead atoms. The summed E-state index contributed by atoms with van der Waals surface area (Å²) in [5.74, 6) is -0.874. The first kappa shape index (κ1) is 23.3. The van der Waals surface area contributed by atoms with Gasteiger partial charge in [-0.2, -0.15) is 0 Å². The maximum Gasteiger partial charge on any atom is 0.325 e. The van der Waals surface area contributed by atoms with E-state index in [0.717, 1.165) is 17.7 Å². The van der Waals surface area contributed by atoms with Gasteiger partial charge in [0, 0.05) is 16.1 Å². The summed E-state index contributed by atoms with van der Waals surface area (Å²) in [6.07, 6.45) is 3.95. The second-order valence-corrected chi connectivity index (χ2v) is 7.23. The SMILES string of the molecule is CCCCOc1ccc(C(=O)NCC(=O)OCC(=O)Nc2cccc(SC)c2)cc1. The monoisotopic (exact) mass is 430 g/mol. The van der Waals surface area contributed by atoms with Crippen LogP contribution in [0, 0.1) is 0 Å². The summed E-state index contributed by atoms with van der Waals surface area (Å²) in [5.41, 5.74) is 1.02. The van der Waals surface area contributed by atoms with Gasteiger partial charge in [0.05, 0.1) is 6.61 Å². The molecule has 2 rings (SSSR count). The van der Waals surface area contributed by atoms with E-state index in [2.05, 4.69) is 17.6 Å².